The average Bonchev–Trinajstić information content (AvgIpc) is 3.16. The minimum absolute atomic E-state index is 0.0166. The molecular weight excluding hydrogens is 545 g/mol. The van der Waals surface area contributed by atoms with E-state index in [0.29, 0.717) is 38.7 Å². The number of carboxylic acid groups (broad SMARTS) is 1. The molecule has 0 bridgehead atoms. The Morgan fingerprint density at radius 3 is 2.32 bits per heavy atom. The van der Waals surface area contributed by atoms with Crippen LogP contribution in [0.3, 0.4) is 0 Å². The molecule has 1 saturated heterocycles. The number of hydrogen-bond donors (Lipinski definition) is 1. The third-order valence-corrected chi connectivity index (χ3v) is 7.76. The molecule has 3 atom stereocenters. The molecule has 4 nitrogen and oxygen atoms in total. The molecule has 2 aromatic rings. The number of carbonyl (C=O) groups is 2. The van der Waals surface area contributed by atoms with E-state index in [1.54, 1.807) is 4.90 Å². The maximum absolute atomic E-state index is 13.0. The Morgan fingerprint density at radius 2 is 1.68 bits per heavy atom. The molecule has 1 amide bonds. The van der Waals surface area contributed by atoms with Crippen LogP contribution in [-0.4, -0.2) is 60.2 Å². The zero-order valence-electron chi connectivity index (χ0n) is 16.0. The summed E-state index contributed by atoms with van der Waals surface area (Å²) in [6, 6.07) is 19.5. The third kappa shape index (κ3) is 5.43. The van der Waals surface area contributed by atoms with E-state index >= 15 is 0 Å². The maximum atomic E-state index is 13.0. The van der Waals surface area contributed by atoms with Gasteiger partial charge in [-0.3, -0.25) is 0 Å². The van der Waals surface area contributed by atoms with Crippen LogP contribution < -0.4 is 0 Å². The number of rotatable bonds is 8. The van der Waals surface area contributed by atoms with Crippen LogP contribution in [0.5, 0.6) is 0 Å². The average molecular weight is 572 g/mol. The zero-order chi connectivity index (χ0) is 19.9. The molecule has 145 valence electrons. The summed E-state index contributed by atoms with van der Waals surface area (Å²) in [7, 11) is 0. The normalized spacial score (nSPS) is 20.1. The SMILES string of the molecule is O=C(O)C1CC(CCCCc2ccccc2)CN1C(=O)[CH]([Pb])c1ccccc1. The van der Waals surface area contributed by atoms with Crippen molar-refractivity contribution in [3.63, 3.8) is 0 Å². The molecule has 1 aliphatic heterocycles. The Hall–Kier alpha value is -1.70. The topological polar surface area (TPSA) is 57.6 Å². The Morgan fingerprint density at radius 1 is 1.04 bits per heavy atom. The molecule has 2 aromatic carbocycles. The van der Waals surface area contributed by atoms with E-state index in [1.807, 2.05) is 36.4 Å². The van der Waals surface area contributed by atoms with Gasteiger partial charge >= 0.3 is 177 Å². The Labute approximate surface area is 182 Å². The number of aryl methyl sites for hydroxylation is 1. The number of benzene rings is 2. The van der Waals surface area contributed by atoms with Crippen molar-refractivity contribution in [3.8, 4) is 0 Å². The molecule has 1 fully saturated rings. The molecule has 3 unspecified atom stereocenters. The Kier molecular flexibility index (Phi) is 7.65. The predicted molar refractivity (Wildman–Crippen MR) is 110 cm³/mol. The summed E-state index contributed by atoms with van der Waals surface area (Å²) in [5.74, 6) is -0.607. The van der Waals surface area contributed by atoms with E-state index in [-0.39, 0.29) is 15.3 Å². The molecule has 0 spiro atoms. The first-order valence-electron chi connectivity index (χ1n) is 9.89. The zero-order valence-corrected chi connectivity index (χ0v) is 19.8. The van der Waals surface area contributed by atoms with Gasteiger partial charge in [-0.05, 0) is 0 Å². The first-order valence-corrected chi connectivity index (χ1v) is 12.1. The van der Waals surface area contributed by atoms with Gasteiger partial charge in [0.05, 0.1) is 0 Å². The number of unbranched alkanes of at least 4 members (excludes halogenated alkanes) is 1. The molecular formula is C23H26NO3Pb. The number of nitrogens with zero attached hydrogens (tertiary/aromatic N) is 1. The molecule has 0 saturated carbocycles. The van der Waals surface area contributed by atoms with E-state index in [0.717, 1.165) is 31.2 Å². The van der Waals surface area contributed by atoms with E-state index in [2.05, 4.69) is 24.3 Å². The number of likely N-dealkylation sites (tertiary alicyclic amines) is 1. The molecule has 0 aromatic heterocycles. The van der Waals surface area contributed by atoms with Gasteiger partial charge in [-0.25, -0.2) is 0 Å². The first-order chi connectivity index (χ1) is 13.6. The van der Waals surface area contributed by atoms with Crippen LogP contribution >= 0.6 is 0 Å². The van der Waals surface area contributed by atoms with E-state index in [1.165, 1.54) is 5.56 Å². The Balaban J connectivity index is 1.55. The van der Waals surface area contributed by atoms with Crippen molar-refractivity contribution >= 4 is 37.6 Å². The summed E-state index contributed by atoms with van der Waals surface area (Å²) in [6.45, 7) is 0.576. The monoisotopic (exact) mass is 572 g/mol. The standard InChI is InChI=1S/C23H26NO3.Pb/c25-22(16-19-12-5-2-6-13-19)24-17-20(15-21(24)23(26)27)14-8-7-11-18-9-3-1-4-10-18;/h1-6,9-10,12-13,16,20-21H,7-8,11,14-15,17H2,(H,26,27);. The summed E-state index contributed by atoms with van der Waals surface area (Å²) in [4.78, 5) is 26.4. The van der Waals surface area contributed by atoms with Crippen molar-refractivity contribution in [2.45, 2.75) is 41.6 Å². The summed E-state index contributed by atoms with van der Waals surface area (Å²) in [6.07, 6.45) is 4.78. The fraction of sp³-hybridized carbons (Fsp3) is 0.391. The van der Waals surface area contributed by atoms with Gasteiger partial charge in [0.1, 0.15) is 0 Å². The summed E-state index contributed by atoms with van der Waals surface area (Å²) >= 11 is 0.681. The number of hydrogen-bond acceptors (Lipinski definition) is 2. The predicted octanol–water partition coefficient (Wildman–Crippen LogP) is 3.61. The number of amides is 1. The third-order valence-electron chi connectivity index (χ3n) is 5.51. The van der Waals surface area contributed by atoms with E-state index < -0.39 is 12.0 Å². The van der Waals surface area contributed by atoms with Gasteiger partial charge in [0.2, 0.25) is 0 Å². The molecule has 3 radical (unpaired) electrons. The van der Waals surface area contributed by atoms with Crippen LogP contribution in [0.25, 0.3) is 0 Å². The fourth-order valence-electron chi connectivity index (χ4n) is 3.97. The summed E-state index contributed by atoms with van der Waals surface area (Å²) < 4.78 is -0.181. The van der Waals surface area contributed by atoms with E-state index in [9.17, 15) is 14.7 Å². The molecule has 1 aliphatic rings. The van der Waals surface area contributed by atoms with Gasteiger partial charge in [-0.15, -0.1) is 0 Å². The number of aliphatic carboxylic acids is 1. The minimum atomic E-state index is -0.873. The summed E-state index contributed by atoms with van der Waals surface area (Å²) in [5.41, 5.74) is 2.34. The quantitative estimate of drug-likeness (QED) is 0.389. The molecule has 5 heteroatoms. The van der Waals surface area contributed by atoms with Crippen molar-refractivity contribution in [1.82, 2.24) is 4.90 Å². The van der Waals surface area contributed by atoms with Gasteiger partial charge in [0.15, 0.2) is 0 Å². The van der Waals surface area contributed by atoms with Crippen molar-refractivity contribution < 1.29 is 14.7 Å². The molecule has 1 heterocycles. The van der Waals surface area contributed by atoms with Crippen molar-refractivity contribution in [2.24, 2.45) is 5.92 Å². The van der Waals surface area contributed by atoms with Crippen LogP contribution in [0, 0.1) is 5.92 Å². The van der Waals surface area contributed by atoms with Crippen LogP contribution in [-0.2, 0) is 16.0 Å². The van der Waals surface area contributed by atoms with Gasteiger partial charge < -0.3 is 0 Å². The second-order valence-electron chi connectivity index (χ2n) is 7.52. The van der Waals surface area contributed by atoms with E-state index in [4.69, 9.17) is 0 Å². The molecule has 0 aliphatic carbocycles. The summed E-state index contributed by atoms with van der Waals surface area (Å²) in [5, 5.41) is 9.64. The first kappa shape index (κ1) is 21.0. The van der Waals surface area contributed by atoms with Crippen LogP contribution in [0.1, 0.15) is 40.3 Å². The van der Waals surface area contributed by atoms with Crippen molar-refractivity contribution in [2.75, 3.05) is 6.54 Å². The van der Waals surface area contributed by atoms with Crippen molar-refractivity contribution in [3.05, 3.63) is 71.8 Å². The Bertz CT molecular complexity index is 781. The van der Waals surface area contributed by atoms with Crippen LogP contribution in [0.15, 0.2) is 60.7 Å². The van der Waals surface area contributed by atoms with Crippen LogP contribution in [0.2, 0.25) is 0 Å². The van der Waals surface area contributed by atoms with Crippen LogP contribution in [0.4, 0.5) is 0 Å². The van der Waals surface area contributed by atoms with Gasteiger partial charge in [-0.1, -0.05) is 6.07 Å². The van der Waals surface area contributed by atoms with Crippen molar-refractivity contribution in [1.29, 1.82) is 0 Å². The van der Waals surface area contributed by atoms with Gasteiger partial charge in [-0.2, -0.15) is 0 Å². The van der Waals surface area contributed by atoms with Gasteiger partial charge in [0.25, 0.3) is 0 Å². The number of carbonyl (C=O) groups excluding carboxylic acids is 1. The molecule has 28 heavy (non-hydrogen) atoms. The molecule has 3 rings (SSSR count). The molecule has 1 N–H and O–H groups in total. The fourth-order valence-corrected chi connectivity index (χ4v) is 5.36. The second kappa shape index (κ2) is 10.2. The number of carboxylic acids is 1. The second-order valence-corrected chi connectivity index (χ2v) is 9.77. The van der Waals surface area contributed by atoms with Gasteiger partial charge in [0, 0.05) is 0 Å².